The van der Waals surface area contributed by atoms with Gasteiger partial charge < -0.3 is 4.57 Å². The normalized spacial score (nSPS) is 13.1. The highest BCUT2D eigenvalue weighted by Crippen LogP contribution is 2.52. The largest absolute Gasteiger partial charge is 0.309 e. The van der Waals surface area contributed by atoms with Crippen LogP contribution in [0.5, 0.6) is 0 Å². The fourth-order valence-electron chi connectivity index (χ4n) is 8.96. The van der Waals surface area contributed by atoms with Crippen molar-refractivity contribution in [3.05, 3.63) is 199 Å². The molecule has 3 nitrogen and oxygen atoms in total. The Hall–Kier alpha value is -6.97. The van der Waals surface area contributed by atoms with Crippen LogP contribution in [0.4, 0.5) is 0 Å². The Bertz CT molecular complexity index is 3080. The molecule has 0 unspecified atom stereocenters. The first-order valence-corrected chi connectivity index (χ1v) is 19.1. The third kappa shape index (κ3) is 4.86. The maximum atomic E-state index is 5.09. The van der Waals surface area contributed by atoms with Gasteiger partial charge in [-0.25, -0.2) is 4.98 Å². The molecule has 1 aliphatic carbocycles. The lowest BCUT2D eigenvalue weighted by molar-refractivity contribution is 0.661. The van der Waals surface area contributed by atoms with E-state index in [0.29, 0.717) is 0 Å². The van der Waals surface area contributed by atoms with Gasteiger partial charge in [-0.3, -0.25) is 4.57 Å². The zero-order valence-electron chi connectivity index (χ0n) is 30.7. The van der Waals surface area contributed by atoms with E-state index >= 15 is 0 Å². The summed E-state index contributed by atoms with van der Waals surface area (Å²) in [5.74, 6) is 0.938. The average Bonchev–Trinajstić information content (AvgIpc) is 3.86. The van der Waals surface area contributed by atoms with Gasteiger partial charge in [-0.2, -0.15) is 0 Å². The molecule has 0 saturated heterocycles. The zero-order chi connectivity index (χ0) is 36.7. The Labute approximate surface area is 320 Å². The lowest BCUT2D eigenvalue weighted by Gasteiger charge is -2.22. The monoisotopic (exact) mass is 703 g/mol. The number of benzene rings is 8. The zero-order valence-corrected chi connectivity index (χ0v) is 30.7. The second-order valence-electron chi connectivity index (χ2n) is 15.2. The van der Waals surface area contributed by atoms with Crippen molar-refractivity contribution in [2.75, 3.05) is 0 Å². The predicted molar refractivity (Wildman–Crippen MR) is 229 cm³/mol. The lowest BCUT2D eigenvalue weighted by Crippen LogP contribution is -2.15. The first-order chi connectivity index (χ1) is 27.0. The molecule has 2 aromatic heterocycles. The maximum absolute atomic E-state index is 5.09. The molecule has 260 valence electrons. The minimum absolute atomic E-state index is 0.166. The molecule has 2 heterocycles. The van der Waals surface area contributed by atoms with E-state index in [2.05, 4.69) is 211 Å². The molecule has 10 aromatic rings. The van der Waals surface area contributed by atoms with E-state index in [0.717, 1.165) is 33.8 Å². The van der Waals surface area contributed by atoms with Crippen LogP contribution in [0.3, 0.4) is 0 Å². The summed E-state index contributed by atoms with van der Waals surface area (Å²) in [7, 11) is 0. The number of hydrogen-bond acceptors (Lipinski definition) is 1. The summed E-state index contributed by atoms with van der Waals surface area (Å²) in [6, 6.07) is 68.3. The summed E-state index contributed by atoms with van der Waals surface area (Å²) in [6.45, 7) is 4.76. The molecule has 0 radical (unpaired) electrons. The van der Waals surface area contributed by atoms with Crippen LogP contribution in [-0.2, 0) is 5.41 Å². The van der Waals surface area contributed by atoms with Crippen molar-refractivity contribution >= 4 is 32.8 Å². The van der Waals surface area contributed by atoms with Crippen molar-refractivity contribution in [3.63, 3.8) is 0 Å². The van der Waals surface area contributed by atoms with Gasteiger partial charge in [0.1, 0.15) is 5.82 Å². The van der Waals surface area contributed by atoms with Crippen molar-refractivity contribution in [3.8, 4) is 56.1 Å². The van der Waals surface area contributed by atoms with Gasteiger partial charge >= 0.3 is 0 Å². The minimum Gasteiger partial charge on any atom is -0.309 e. The molecular weight excluding hydrogens is 667 g/mol. The van der Waals surface area contributed by atoms with Crippen LogP contribution in [0.1, 0.15) is 25.0 Å². The van der Waals surface area contributed by atoms with E-state index in [-0.39, 0.29) is 5.41 Å². The fourth-order valence-corrected chi connectivity index (χ4v) is 8.96. The van der Waals surface area contributed by atoms with Crippen molar-refractivity contribution in [2.45, 2.75) is 19.3 Å². The number of fused-ring (bicyclic) bond motifs is 7. The highest BCUT2D eigenvalue weighted by molar-refractivity contribution is 6.12. The molecule has 0 N–H and O–H groups in total. The van der Waals surface area contributed by atoms with Gasteiger partial charge in [0.25, 0.3) is 0 Å². The summed E-state index contributed by atoms with van der Waals surface area (Å²) >= 11 is 0. The Morgan fingerprint density at radius 1 is 0.382 bits per heavy atom. The quantitative estimate of drug-likeness (QED) is 0.175. The van der Waals surface area contributed by atoms with E-state index in [1.54, 1.807) is 0 Å². The molecule has 1 aliphatic rings. The van der Waals surface area contributed by atoms with Crippen molar-refractivity contribution in [2.24, 2.45) is 0 Å². The molecule has 0 aliphatic heterocycles. The molecule has 0 fully saturated rings. The van der Waals surface area contributed by atoms with Gasteiger partial charge in [-0.15, -0.1) is 0 Å². The lowest BCUT2D eigenvalue weighted by atomic mass is 9.81. The van der Waals surface area contributed by atoms with Gasteiger partial charge in [-0.1, -0.05) is 135 Å². The van der Waals surface area contributed by atoms with E-state index in [4.69, 9.17) is 4.98 Å². The van der Waals surface area contributed by atoms with Gasteiger partial charge in [0.2, 0.25) is 0 Å². The van der Waals surface area contributed by atoms with Crippen LogP contribution in [0.15, 0.2) is 188 Å². The van der Waals surface area contributed by atoms with Gasteiger partial charge in [-0.05, 0) is 111 Å². The Morgan fingerprint density at radius 3 is 1.62 bits per heavy atom. The number of rotatable bonds is 5. The number of nitrogens with zero attached hydrogens (tertiary/aromatic N) is 3. The third-order valence-electron chi connectivity index (χ3n) is 11.7. The van der Waals surface area contributed by atoms with Crippen molar-refractivity contribution in [1.82, 2.24) is 14.1 Å². The van der Waals surface area contributed by atoms with Crippen LogP contribution in [0, 0.1) is 0 Å². The minimum atomic E-state index is -0.166. The van der Waals surface area contributed by atoms with Crippen LogP contribution in [0.25, 0.3) is 89.0 Å². The van der Waals surface area contributed by atoms with Gasteiger partial charge in [0.05, 0.1) is 22.1 Å². The molecular formula is C52H37N3. The van der Waals surface area contributed by atoms with E-state index in [1.807, 2.05) is 0 Å². The predicted octanol–water partition coefficient (Wildman–Crippen LogP) is 13.4. The standard InChI is InChI=1S/C52H37N3/c1-52(2)45-31-38(35-16-8-4-9-17-35)22-28-41(45)42-32-44-43-30-37(34-14-6-3-7-15-34)23-29-48(43)54(50(44)33-46(42)52)39-24-26-40(27-25-39)55-49-21-13-12-20-47(49)53-51(55)36-18-10-5-11-19-36/h3-33H,1-2H3. The highest BCUT2D eigenvalue weighted by atomic mass is 15.1. The molecule has 0 saturated carbocycles. The first-order valence-electron chi connectivity index (χ1n) is 19.1. The molecule has 0 atom stereocenters. The average molecular weight is 704 g/mol. The first kappa shape index (κ1) is 31.5. The molecule has 8 aromatic carbocycles. The molecule has 0 amide bonds. The van der Waals surface area contributed by atoms with Crippen molar-refractivity contribution in [1.29, 1.82) is 0 Å². The summed E-state index contributed by atoms with van der Waals surface area (Å²) < 4.78 is 4.74. The van der Waals surface area contributed by atoms with Crippen LogP contribution in [0.2, 0.25) is 0 Å². The second-order valence-corrected chi connectivity index (χ2v) is 15.2. The molecule has 0 spiro atoms. The number of hydrogen-bond donors (Lipinski definition) is 0. The molecule has 3 heteroatoms. The van der Waals surface area contributed by atoms with Gasteiger partial charge in [0, 0.05) is 33.1 Å². The number of imidazole rings is 1. The summed E-state index contributed by atoms with van der Waals surface area (Å²) in [6.07, 6.45) is 0. The fraction of sp³-hybridized carbons (Fsp3) is 0.0577. The summed E-state index contributed by atoms with van der Waals surface area (Å²) in [4.78, 5) is 5.09. The highest BCUT2D eigenvalue weighted by Gasteiger charge is 2.36. The molecule has 11 rings (SSSR count). The molecule has 55 heavy (non-hydrogen) atoms. The van der Waals surface area contributed by atoms with E-state index < -0.39 is 0 Å². The molecule has 0 bridgehead atoms. The Kier molecular flexibility index (Phi) is 6.90. The maximum Gasteiger partial charge on any atom is 0.145 e. The van der Waals surface area contributed by atoms with Crippen LogP contribution in [-0.4, -0.2) is 14.1 Å². The van der Waals surface area contributed by atoms with Crippen LogP contribution < -0.4 is 0 Å². The van der Waals surface area contributed by atoms with Crippen molar-refractivity contribution < 1.29 is 0 Å². The Morgan fingerprint density at radius 2 is 0.927 bits per heavy atom. The number of aromatic nitrogens is 3. The smallest absolute Gasteiger partial charge is 0.145 e. The van der Waals surface area contributed by atoms with Crippen LogP contribution >= 0.6 is 0 Å². The third-order valence-corrected chi connectivity index (χ3v) is 11.7. The summed E-state index contributed by atoms with van der Waals surface area (Å²) in [5.41, 5.74) is 18.0. The Balaban J connectivity index is 1.11. The van der Waals surface area contributed by atoms with Gasteiger partial charge in [0.15, 0.2) is 0 Å². The summed E-state index contributed by atoms with van der Waals surface area (Å²) in [5, 5.41) is 2.51. The topological polar surface area (TPSA) is 22.8 Å². The van der Waals surface area contributed by atoms with E-state index in [9.17, 15) is 0 Å². The SMILES string of the molecule is CC1(C)c2cc(-c3ccccc3)ccc2-c2cc3c4cc(-c5ccccc5)ccc4n(-c4ccc(-n5c(-c6ccccc6)nc6ccccc65)cc4)c3cc21. The van der Waals surface area contributed by atoms with E-state index in [1.165, 1.54) is 66.3 Å². The second kappa shape index (κ2) is 12.0. The number of para-hydroxylation sites is 2.